The predicted molar refractivity (Wildman–Crippen MR) is 101 cm³/mol. The van der Waals surface area contributed by atoms with Crippen molar-refractivity contribution in [2.75, 3.05) is 18.0 Å². The largest absolute Gasteiger partial charge is 0.341 e. The SMILES string of the molecule is Cc1cc(CNS(=O)(=O)c2ccc(Br)cc2)nc(N2CCCCC2)n1. The molecule has 1 aromatic heterocycles. The van der Waals surface area contributed by atoms with Gasteiger partial charge in [-0.1, -0.05) is 15.9 Å². The minimum Gasteiger partial charge on any atom is -0.341 e. The molecule has 0 unspecified atom stereocenters. The van der Waals surface area contributed by atoms with Gasteiger partial charge in [-0.15, -0.1) is 0 Å². The molecular formula is C17H21BrN4O2S. The van der Waals surface area contributed by atoms with E-state index in [-0.39, 0.29) is 11.4 Å². The van der Waals surface area contributed by atoms with Crippen LogP contribution in [0.2, 0.25) is 0 Å². The zero-order valence-electron chi connectivity index (χ0n) is 14.1. The summed E-state index contributed by atoms with van der Waals surface area (Å²) >= 11 is 3.30. The average Bonchev–Trinajstić information content (AvgIpc) is 2.61. The molecule has 2 heterocycles. The number of halogens is 1. The summed E-state index contributed by atoms with van der Waals surface area (Å²) in [6.45, 7) is 3.95. The predicted octanol–water partition coefficient (Wildman–Crippen LogP) is 3.02. The zero-order chi connectivity index (χ0) is 17.9. The molecule has 134 valence electrons. The highest BCUT2D eigenvalue weighted by molar-refractivity contribution is 9.10. The van der Waals surface area contributed by atoms with Gasteiger partial charge >= 0.3 is 0 Å². The first-order chi connectivity index (χ1) is 11.9. The number of aryl methyl sites for hydroxylation is 1. The lowest BCUT2D eigenvalue weighted by Gasteiger charge is -2.27. The van der Waals surface area contributed by atoms with Crippen molar-refractivity contribution in [2.24, 2.45) is 0 Å². The van der Waals surface area contributed by atoms with E-state index in [4.69, 9.17) is 0 Å². The van der Waals surface area contributed by atoms with Crippen molar-refractivity contribution in [1.82, 2.24) is 14.7 Å². The van der Waals surface area contributed by atoms with Crippen LogP contribution in [0.1, 0.15) is 30.7 Å². The number of nitrogens with one attached hydrogen (secondary N) is 1. The topological polar surface area (TPSA) is 75.2 Å². The summed E-state index contributed by atoms with van der Waals surface area (Å²) in [7, 11) is -3.57. The molecule has 25 heavy (non-hydrogen) atoms. The van der Waals surface area contributed by atoms with Crippen molar-refractivity contribution in [3.8, 4) is 0 Å². The van der Waals surface area contributed by atoms with E-state index in [9.17, 15) is 8.42 Å². The summed E-state index contributed by atoms with van der Waals surface area (Å²) in [5.74, 6) is 0.692. The van der Waals surface area contributed by atoms with Crippen LogP contribution in [0.3, 0.4) is 0 Å². The van der Waals surface area contributed by atoms with Crippen molar-refractivity contribution in [3.63, 3.8) is 0 Å². The van der Waals surface area contributed by atoms with Gasteiger partial charge in [-0.05, 0) is 56.5 Å². The van der Waals surface area contributed by atoms with Gasteiger partial charge in [-0.25, -0.2) is 23.1 Å². The Kier molecular flexibility index (Phi) is 5.71. The van der Waals surface area contributed by atoms with Crippen molar-refractivity contribution in [2.45, 2.75) is 37.6 Å². The Morgan fingerprint density at radius 3 is 2.48 bits per heavy atom. The van der Waals surface area contributed by atoms with Gasteiger partial charge in [-0.2, -0.15) is 0 Å². The van der Waals surface area contributed by atoms with Crippen LogP contribution < -0.4 is 9.62 Å². The number of sulfonamides is 1. The van der Waals surface area contributed by atoms with Crippen LogP contribution in [-0.2, 0) is 16.6 Å². The van der Waals surface area contributed by atoms with Crippen LogP contribution >= 0.6 is 15.9 Å². The second kappa shape index (κ2) is 7.80. The molecular weight excluding hydrogens is 404 g/mol. The first kappa shape index (κ1) is 18.3. The van der Waals surface area contributed by atoms with Gasteiger partial charge < -0.3 is 4.90 Å². The minimum atomic E-state index is -3.57. The van der Waals surface area contributed by atoms with Gasteiger partial charge in [0.25, 0.3) is 0 Å². The Morgan fingerprint density at radius 2 is 1.80 bits per heavy atom. The highest BCUT2D eigenvalue weighted by Gasteiger charge is 2.17. The van der Waals surface area contributed by atoms with Crippen molar-refractivity contribution in [3.05, 3.63) is 46.2 Å². The van der Waals surface area contributed by atoms with Gasteiger partial charge in [0, 0.05) is 23.3 Å². The molecule has 1 aromatic carbocycles. The van der Waals surface area contributed by atoms with Gasteiger partial charge in [0.2, 0.25) is 16.0 Å². The first-order valence-electron chi connectivity index (χ1n) is 8.29. The second-order valence-corrected chi connectivity index (χ2v) is 8.81. The number of aromatic nitrogens is 2. The second-order valence-electron chi connectivity index (χ2n) is 6.13. The Balaban J connectivity index is 1.74. The Labute approximate surface area is 156 Å². The molecule has 0 atom stereocenters. The molecule has 1 aliphatic rings. The molecule has 1 aliphatic heterocycles. The number of hydrogen-bond donors (Lipinski definition) is 1. The maximum absolute atomic E-state index is 12.4. The fourth-order valence-electron chi connectivity index (χ4n) is 2.81. The minimum absolute atomic E-state index is 0.141. The summed E-state index contributed by atoms with van der Waals surface area (Å²) in [5.41, 5.74) is 1.52. The summed E-state index contributed by atoms with van der Waals surface area (Å²) in [5, 5.41) is 0. The van der Waals surface area contributed by atoms with E-state index in [0.717, 1.165) is 36.1 Å². The van der Waals surface area contributed by atoms with Crippen LogP contribution in [0.5, 0.6) is 0 Å². The molecule has 1 saturated heterocycles. The standard InChI is InChI=1S/C17H21BrN4O2S/c1-13-11-15(21-17(20-13)22-9-3-2-4-10-22)12-19-25(23,24)16-7-5-14(18)6-8-16/h5-8,11,19H,2-4,9-10,12H2,1H3. The van der Waals surface area contributed by atoms with Crippen LogP contribution in [0.4, 0.5) is 5.95 Å². The van der Waals surface area contributed by atoms with Crippen molar-refractivity contribution < 1.29 is 8.42 Å². The summed E-state index contributed by atoms with van der Waals surface area (Å²) in [6, 6.07) is 8.36. The number of anilines is 1. The summed E-state index contributed by atoms with van der Waals surface area (Å²) in [6.07, 6.45) is 3.52. The maximum atomic E-state index is 12.4. The van der Waals surface area contributed by atoms with Crippen LogP contribution in [-0.4, -0.2) is 31.5 Å². The summed E-state index contributed by atoms with van der Waals surface area (Å²) in [4.78, 5) is 11.5. The molecule has 0 aliphatic carbocycles. The van der Waals surface area contributed by atoms with Gasteiger partial charge in [0.15, 0.2) is 0 Å². The fourth-order valence-corrected chi connectivity index (χ4v) is 4.07. The van der Waals surface area contributed by atoms with Crippen LogP contribution in [0.25, 0.3) is 0 Å². The lowest BCUT2D eigenvalue weighted by atomic mass is 10.1. The fraction of sp³-hybridized carbons (Fsp3) is 0.412. The zero-order valence-corrected chi connectivity index (χ0v) is 16.5. The number of hydrogen-bond acceptors (Lipinski definition) is 5. The lowest BCUT2D eigenvalue weighted by molar-refractivity contribution is 0.565. The molecule has 0 spiro atoms. The Morgan fingerprint density at radius 1 is 1.12 bits per heavy atom. The molecule has 0 radical (unpaired) electrons. The first-order valence-corrected chi connectivity index (χ1v) is 10.6. The number of nitrogens with zero attached hydrogens (tertiary/aromatic N) is 3. The quantitative estimate of drug-likeness (QED) is 0.797. The van der Waals surface area contributed by atoms with Gasteiger partial charge in [0.1, 0.15) is 0 Å². The molecule has 6 nitrogen and oxygen atoms in total. The number of piperidine rings is 1. The Bertz CT molecular complexity index is 834. The van der Waals surface area contributed by atoms with Crippen LogP contribution in [0, 0.1) is 6.92 Å². The van der Waals surface area contributed by atoms with E-state index in [0.29, 0.717) is 11.6 Å². The lowest BCUT2D eigenvalue weighted by Crippen LogP contribution is -2.32. The van der Waals surface area contributed by atoms with E-state index < -0.39 is 10.0 Å². The molecule has 0 saturated carbocycles. The number of benzene rings is 1. The smallest absolute Gasteiger partial charge is 0.240 e. The van der Waals surface area contributed by atoms with E-state index >= 15 is 0 Å². The van der Waals surface area contributed by atoms with Crippen LogP contribution in [0.15, 0.2) is 39.7 Å². The van der Waals surface area contributed by atoms with E-state index in [1.54, 1.807) is 24.3 Å². The van der Waals surface area contributed by atoms with Crippen molar-refractivity contribution in [1.29, 1.82) is 0 Å². The molecule has 8 heteroatoms. The third-order valence-corrected chi connectivity index (χ3v) is 6.05. The van der Waals surface area contributed by atoms with E-state index in [2.05, 4.69) is 35.5 Å². The molecule has 3 rings (SSSR count). The normalized spacial score (nSPS) is 15.4. The average molecular weight is 425 g/mol. The third kappa shape index (κ3) is 4.77. The number of rotatable bonds is 5. The molecule has 1 N–H and O–H groups in total. The maximum Gasteiger partial charge on any atom is 0.240 e. The molecule has 2 aromatic rings. The summed E-state index contributed by atoms with van der Waals surface area (Å²) < 4.78 is 28.3. The molecule has 1 fully saturated rings. The molecule has 0 amide bonds. The highest BCUT2D eigenvalue weighted by Crippen LogP contribution is 2.18. The van der Waals surface area contributed by atoms with E-state index in [1.807, 2.05) is 13.0 Å². The van der Waals surface area contributed by atoms with Crippen molar-refractivity contribution >= 4 is 31.9 Å². The van der Waals surface area contributed by atoms with Gasteiger partial charge in [0.05, 0.1) is 17.1 Å². The van der Waals surface area contributed by atoms with Gasteiger partial charge in [-0.3, -0.25) is 0 Å². The highest BCUT2D eigenvalue weighted by atomic mass is 79.9. The van der Waals surface area contributed by atoms with E-state index in [1.165, 1.54) is 6.42 Å². The third-order valence-electron chi connectivity index (χ3n) is 4.10. The monoisotopic (exact) mass is 424 g/mol. The Hall–Kier alpha value is -1.51. The molecule has 0 bridgehead atoms.